The second-order valence-corrected chi connectivity index (χ2v) is 9.39. The van der Waals surface area contributed by atoms with Gasteiger partial charge in [0.25, 0.3) is 17.9 Å². The Morgan fingerprint density at radius 2 is 1.88 bits per heavy atom. The lowest BCUT2D eigenvalue weighted by Gasteiger charge is -2.31. The lowest BCUT2D eigenvalue weighted by atomic mass is 10.0. The first-order valence-corrected chi connectivity index (χ1v) is 11.4. The van der Waals surface area contributed by atoms with Gasteiger partial charge in [0.1, 0.15) is 11.9 Å². The Morgan fingerprint density at radius 3 is 2.55 bits per heavy atom. The van der Waals surface area contributed by atoms with Crippen LogP contribution >= 0.6 is 22.6 Å². The van der Waals surface area contributed by atoms with Crippen molar-refractivity contribution in [2.24, 2.45) is 0 Å². The standard InChI is InChI=1S/C22H18F4IN5O/c23-19(24)12-5-7-31(8-6-12)16-9-14(27)2-3-15(16)21(33)30-18-4-1-13-11-28-32(20(13)29-18)17-10-22(17,25)26/h1-4,9,11,17H,5-8,10H2,(H,29,30,33)/t17-/m1/s1. The van der Waals surface area contributed by atoms with E-state index in [4.69, 9.17) is 0 Å². The van der Waals surface area contributed by atoms with Crippen LogP contribution in [0.25, 0.3) is 11.0 Å². The minimum Gasteiger partial charge on any atom is -0.370 e. The molecular weight excluding hydrogens is 553 g/mol. The maximum absolute atomic E-state index is 13.5. The molecule has 1 saturated carbocycles. The fourth-order valence-electron chi connectivity index (χ4n) is 4.03. The number of amides is 1. The van der Waals surface area contributed by atoms with E-state index in [9.17, 15) is 22.4 Å². The van der Waals surface area contributed by atoms with Gasteiger partial charge in [-0.1, -0.05) is 0 Å². The maximum atomic E-state index is 13.5. The molecule has 1 saturated heterocycles. The number of anilines is 2. The number of halogens is 5. The number of nitrogens with one attached hydrogen (secondary N) is 1. The molecule has 0 radical (unpaired) electrons. The third kappa shape index (κ3) is 4.30. The highest BCUT2D eigenvalue weighted by molar-refractivity contribution is 14.1. The molecule has 0 unspecified atom stereocenters. The summed E-state index contributed by atoms with van der Waals surface area (Å²) in [6.07, 6.45) is 0.0394. The normalized spacial score (nSPS) is 19.6. The summed E-state index contributed by atoms with van der Waals surface area (Å²) in [5.74, 6) is -3.01. The topological polar surface area (TPSA) is 63.1 Å². The van der Waals surface area contributed by atoms with Crippen LogP contribution in [0.15, 0.2) is 48.2 Å². The van der Waals surface area contributed by atoms with Crippen molar-refractivity contribution < 1.29 is 22.4 Å². The lowest BCUT2D eigenvalue weighted by Crippen LogP contribution is -2.32. The lowest BCUT2D eigenvalue weighted by molar-refractivity contribution is 0.0988. The van der Waals surface area contributed by atoms with Crippen LogP contribution in [0.3, 0.4) is 0 Å². The largest absolute Gasteiger partial charge is 0.370 e. The molecule has 3 aromatic rings. The molecule has 1 atom stereocenters. The second-order valence-electron chi connectivity index (χ2n) is 8.15. The minimum absolute atomic E-state index is 0.151. The Morgan fingerprint density at radius 1 is 1.15 bits per heavy atom. The molecule has 1 aromatic carbocycles. The third-order valence-electron chi connectivity index (χ3n) is 5.95. The van der Waals surface area contributed by atoms with Gasteiger partial charge in [0, 0.05) is 28.5 Å². The number of hydrogen-bond donors (Lipinski definition) is 1. The Kier molecular flexibility index (Phi) is 5.53. The number of rotatable bonds is 4. The molecule has 1 amide bonds. The van der Waals surface area contributed by atoms with Gasteiger partial charge in [-0.2, -0.15) is 13.9 Å². The number of carbonyl (C=O) groups excluding carboxylic acids is 1. The van der Waals surface area contributed by atoms with Crippen LogP contribution in [0.2, 0.25) is 0 Å². The number of benzene rings is 1. The minimum atomic E-state index is -2.80. The zero-order chi connectivity index (χ0) is 23.3. The van der Waals surface area contributed by atoms with Crippen molar-refractivity contribution in [1.82, 2.24) is 14.8 Å². The number of pyridine rings is 1. The number of piperidine rings is 1. The van der Waals surface area contributed by atoms with E-state index in [-0.39, 0.29) is 36.3 Å². The van der Waals surface area contributed by atoms with Crippen LogP contribution in [0, 0.1) is 3.57 Å². The van der Waals surface area contributed by atoms with Crippen LogP contribution in [0.1, 0.15) is 35.7 Å². The second kappa shape index (κ2) is 8.26. The monoisotopic (exact) mass is 571 g/mol. The molecule has 3 heterocycles. The Labute approximate surface area is 199 Å². The Bertz CT molecular complexity index is 1280. The van der Waals surface area contributed by atoms with Gasteiger partial charge in [-0.05, 0) is 71.3 Å². The van der Waals surface area contributed by atoms with E-state index in [0.717, 1.165) is 3.57 Å². The van der Waals surface area contributed by atoms with E-state index >= 15 is 0 Å². The first-order chi connectivity index (χ1) is 15.7. The van der Waals surface area contributed by atoms with Crippen molar-refractivity contribution in [3.8, 4) is 0 Å². The quantitative estimate of drug-likeness (QED) is 0.327. The predicted octanol–water partition coefficient (Wildman–Crippen LogP) is 5.62. The molecule has 1 aliphatic heterocycles. The molecule has 0 spiro atoms. The summed E-state index contributed by atoms with van der Waals surface area (Å²) < 4.78 is 55.0. The highest BCUT2D eigenvalue weighted by Gasteiger charge is 2.59. The Hall–Kier alpha value is -2.70. The Balaban J connectivity index is 1.40. The molecule has 2 fully saturated rings. The molecule has 11 heteroatoms. The summed E-state index contributed by atoms with van der Waals surface area (Å²) >= 11 is 2.14. The summed E-state index contributed by atoms with van der Waals surface area (Å²) in [6.45, 7) is 0.762. The fourth-order valence-corrected chi connectivity index (χ4v) is 4.51. The molecule has 2 aliphatic rings. The number of fused-ring (bicyclic) bond motifs is 1. The summed E-state index contributed by atoms with van der Waals surface area (Å²) in [5, 5.41) is 7.37. The van der Waals surface area contributed by atoms with Gasteiger partial charge in [0.2, 0.25) is 0 Å². The van der Waals surface area contributed by atoms with E-state index in [2.05, 4.69) is 38.0 Å². The van der Waals surface area contributed by atoms with E-state index in [1.165, 1.54) is 10.9 Å². The van der Waals surface area contributed by atoms with Crippen LogP contribution < -0.4 is 10.2 Å². The molecule has 6 nitrogen and oxygen atoms in total. The van der Waals surface area contributed by atoms with Crippen LogP contribution in [-0.2, 0) is 0 Å². The van der Waals surface area contributed by atoms with Gasteiger partial charge in [0.15, 0.2) is 5.65 Å². The van der Waals surface area contributed by atoms with Crippen molar-refractivity contribution >= 4 is 51.0 Å². The van der Waals surface area contributed by atoms with Gasteiger partial charge in [-0.25, -0.2) is 18.4 Å². The summed E-state index contributed by atoms with van der Waals surface area (Å²) in [6, 6.07) is 7.55. The van der Waals surface area contributed by atoms with Gasteiger partial charge in [0.05, 0.1) is 17.4 Å². The van der Waals surface area contributed by atoms with Crippen LogP contribution in [0.5, 0.6) is 0 Å². The summed E-state index contributed by atoms with van der Waals surface area (Å²) in [5.41, 5.74) is 1.47. The van der Waals surface area contributed by atoms with E-state index in [1.807, 2.05) is 11.0 Å². The average molecular weight is 571 g/mol. The highest BCUT2D eigenvalue weighted by Crippen LogP contribution is 2.52. The fraction of sp³-hybridized carbons (Fsp3) is 0.318. The van der Waals surface area contributed by atoms with Crippen molar-refractivity contribution in [2.75, 3.05) is 23.3 Å². The zero-order valence-electron chi connectivity index (χ0n) is 17.2. The van der Waals surface area contributed by atoms with Gasteiger partial charge in [-0.3, -0.25) is 4.79 Å². The van der Waals surface area contributed by atoms with E-state index < -0.39 is 24.0 Å². The van der Waals surface area contributed by atoms with E-state index in [1.54, 1.807) is 24.3 Å². The predicted molar refractivity (Wildman–Crippen MR) is 124 cm³/mol. The van der Waals surface area contributed by atoms with Crippen LogP contribution in [0.4, 0.5) is 29.1 Å². The van der Waals surface area contributed by atoms with Crippen molar-refractivity contribution in [3.05, 3.63) is 57.3 Å². The van der Waals surface area contributed by atoms with Crippen molar-refractivity contribution in [1.29, 1.82) is 0 Å². The SMILES string of the molecule is O=C(Nc1ccc2cnn([C@@H]3CC3(F)F)c2n1)c1ccc(I)cc1N1CCC(=C(F)F)CC1. The molecule has 0 bridgehead atoms. The third-order valence-corrected chi connectivity index (χ3v) is 6.62. The number of hydrogen-bond acceptors (Lipinski definition) is 4. The molecule has 172 valence electrons. The molecule has 1 aliphatic carbocycles. The first-order valence-electron chi connectivity index (χ1n) is 10.3. The number of carbonyl (C=O) groups is 1. The van der Waals surface area contributed by atoms with Gasteiger partial charge >= 0.3 is 0 Å². The molecule has 2 aromatic heterocycles. The highest BCUT2D eigenvalue weighted by atomic mass is 127. The summed E-state index contributed by atoms with van der Waals surface area (Å²) in [7, 11) is 0. The van der Waals surface area contributed by atoms with E-state index in [0.29, 0.717) is 29.7 Å². The number of nitrogens with zero attached hydrogens (tertiary/aromatic N) is 4. The van der Waals surface area contributed by atoms with Crippen LogP contribution in [-0.4, -0.2) is 39.7 Å². The molecule has 5 rings (SSSR count). The maximum Gasteiger partial charge on any atom is 0.272 e. The van der Waals surface area contributed by atoms with Crippen molar-refractivity contribution in [3.63, 3.8) is 0 Å². The molecular formula is C22H18F4IN5O. The number of alkyl halides is 2. The number of aromatic nitrogens is 3. The average Bonchev–Trinajstić information content (AvgIpc) is 3.22. The smallest absolute Gasteiger partial charge is 0.272 e. The first kappa shape index (κ1) is 22.1. The van der Waals surface area contributed by atoms with Gasteiger partial charge < -0.3 is 10.2 Å². The molecule has 1 N–H and O–H groups in total. The summed E-state index contributed by atoms with van der Waals surface area (Å²) in [4.78, 5) is 19.4. The zero-order valence-corrected chi connectivity index (χ0v) is 19.3. The molecule has 33 heavy (non-hydrogen) atoms. The van der Waals surface area contributed by atoms with Gasteiger partial charge in [-0.15, -0.1) is 0 Å². The van der Waals surface area contributed by atoms with Crippen molar-refractivity contribution in [2.45, 2.75) is 31.2 Å².